The molecule has 1 heterocycles. The molecule has 0 saturated carbocycles. The molecule has 2 rings (SSSR count). The Morgan fingerprint density at radius 1 is 1.12 bits per heavy atom. The number of thioether (sulfide) groups is 1. The summed E-state index contributed by atoms with van der Waals surface area (Å²) in [6, 6.07) is 0. The molecule has 0 radical (unpaired) electrons. The number of rotatable bonds is 1. The maximum atomic E-state index is 13.0. The molecule has 5 heteroatoms. The molecule has 0 aromatic heterocycles. The fraction of sp³-hybridized carbons (Fsp3) is 0.455. The van der Waals surface area contributed by atoms with Gasteiger partial charge in [0, 0.05) is 5.70 Å². The molecule has 0 atom stereocenters. The van der Waals surface area contributed by atoms with E-state index in [0.29, 0.717) is 36.5 Å². The highest BCUT2D eigenvalue weighted by molar-refractivity contribution is 8.00. The van der Waals surface area contributed by atoms with Gasteiger partial charge in [0.05, 0.1) is 17.3 Å². The molecule has 86 valence electrons. The molecule has 0 N–H and O–H groups in total. The Kier molecular flexibility index (Phi) is 3.43. The minimum atomic E-state index is -0.193. The number of nitrogens with zero attached hydrogens (tertiary/aromatic N) is 1. The summed E-state index contributed by atoms with van der Waals surface area (Å²) in [6.45, 7) is 0. The summed E-state index contributed by atoms with van der Waals surface area (Å²) in [5, 5.41) is 0. The van der Waals surface area contributed by atoms with Gasteiger partial charge in [0.1, 0.15) is 0 Å². The highest BCUT2D eigenvalue weighted by Crippen LogP contribution is 2.24. The average molecular weight is 241 g/mol. The van der Waals surface area contributed by atoms with Crippen LogP contribution in [0.3, 0.4) is 0 Å². The Labute approximate surface area is 97.4 Å². The van der Waals surface area contributed by atoms with E-state index < -0.39 is 0 Å². The zero-order valence-electron chi connectivity index (χ0n) is 8.74. The zero-order chi connectivity index (χ0) is 11.5. The van der Waals surface area contributed by atoms with Crippen LogP contribution in [0.25, 0.3) is 0 Å². The second-order valence-electron chi connectivity index (χ2n) is 3.74. The van der Waals surface area contributed by atoms with Crippen LogP contribution in [0.5, 0.6) is 0 Å². The predicted molar refractivity (Wildman–Crippen MR) is 60.3 cm³/mol. The second-order valence-corrected chi connectivity index (χ2v) is 4.73. The third-order valence-corrected chi connectivity index (χ3v) is 3.44. The summed E-state index contributed by atoms with van der Waals surface area (Å²) >= 11 is 1.33. The first kappa shape index (κ1) is 11.4. The normalized spacial score (nSPS) is 22.7. The van der Waals surface area contributed by atoms with E-state index >= 15 is 0 Å². The van der Waals surface area contributed by atoms with Crippen LogP contribution in [0.2, 0.25) is 0 Å². The van der Waals surface area contributed by atoms with Gasteiger partial charge < -0.3 is 0 Å². The standard InChI is InChI=1S/C11H12FNO2S/c12-8-2-1-3-9(5-4-8)13-10(14)6-16-7-11(13)15/h4-5H,1-3,6-7H2. The lowest BCUT2D eigenvalue weighted by molar-refractivity contribution is -0.139. The van der Waals surface area contributed by atoms with Crippen LogP contribution < -0.4 is 0 Å². The summed E-state index contributed by atoms with van der Waals surface area (Å²) in [5.41, 5.74) is 0.628. The van der Waals surface area contributed by atoms with Crippen molar-refractivity contribution in [1.29, 1.82) is 0 Å². The number of allylic oxidation sites excluding steroid dienone is 4. The lowest BCUT2D eigenvalue weighted by Crippen LogP contribution is -2.42. The SMILES string of the molecule is O=C1CSCC(=O)N1C1=CC=C(F)CCC1. The van der Waals surface area contributed by atoms with Crippen LogP contribution >= 0.6 is 11.8 Å². The number of carbonyl (C=O) groups is 2. The molecule has 0 aromatic carbocycles. The Hall–Kier alpha value is -1.10. The second kappa shape index (κ2) is 4.82. The molecule has 16 heavy (non-hydrogen) atoms. The molecule has 2 amide bonds. The Balaban J connectivity index is 2.22. The highest BCUT2D eigenvalue weighted by Gasteiger charge is 2.29. The van der Waals surface area contributed by atoms with Gasteiger partial charge >= 0.3 is 0 Å². The fourth-order valence-electron chi connectivity index (χ4n) is 1.79. The molecule has 1 aliphatic carbocycles. The third kappa shape index (κ3) is 2.35. The van der Waals surface area contributed by atoms with Crippen LogP contribution in [0.15, 0.2) is 23.7 Å². The molecular weight excluding hydrogens is 229 g/mol. The van der Waals surface area contributed by atoms with E-state index in [1.807, 2.05) is 0 Å². The predicted octanol–water partition coefficient (Wildman–Crippen LogP) is 2.01. The van der Waals surface area contributed by atoms with Crippen molar-refractivity contribution >= 4 is 23.6 Å². The van der Waals surface area contributed by atoms with Gasteiger partial charge in [-0.3, -0.25) is 14.5 Å². The molecule has 0 spiro atoms. The number of hydrogen-bond acceptors (Lipinski definition) is 3. The molecule has 1 fully saturated rings. The number of amides is 2. The molecule has 1 aliphatic heterocycles. The first-order valence-electron chi connectivity index (χ1n) is 5.17. The van der Waals surface area contributed by atoms with Crippen molar-refractivity contribution < 1.29 is 14.0 Å². The Morgan fingerprint density at radius 3 is 2.50 bits per heavy atom. The molecule has 3 nitrogen and oxygen atoms in total. The monoisotopic (exact) mass is 241 g/mol. The van der Waals surface area contributed by atoms with Crippen molar-refractivity contribution in [3.63, 3.8) is 0 Å². The maximum absolute atomic E-state index is 13.0. The number of imide groups is 1. The van der Waals surface area contributed by atoms with E-state index in [1.165, 1.54) is 22.7 Å². The van der Waals surface area contributed by atoms with E-state index in [-0.39, 0.29) is 17.6 Å². The zero-order valence-corrected chi connectivity index (χ0v) is 9.56. The van der Waals surface area contributed by atoms with Crippen molar-refractivity contribution in [1.82, 2.24) is 4.90 Å². The van der Waals surface area contributed by atoms with Gasteiger partial charge in [0.2, 0.25) is 11.8 Å². The van der Waals surface area contributed by atoms with Gasteiger partial charge in [-0.05, 0) is 31.4 Å². The highest BCUT2D eigenvalue weighted by atomic mass is 32.2. The summed E-state index contributed by atoms with van der Waals surface area (Å²) < 4.78 is 13.0. The van der Waals surface area contributed by atoms with Crippen LogP contribution in [-0.4, -0.2) is 28.2 Å². The average Bonchev–Trinajstić information content (AvgIpc) is 2.44. The first-order valence-corrected chi connectivity index (χ1v) is 6.32. The smallest absolute Gasteiger partial charge is 0.243 e. The first-order chi connectivity index (χ1) is 7.68. The summed E-state index contributed by atoms with van der Waals surface area (Å²) in [6.07, 6.45) is 4.49. The van der Waals surface area contributed by atoms with Crippen molar-refractivity contribution in [2.45, 2.75) is 19.3 Å². The van der Waals surface area contributed by atoms with E-state index in [4.69, 9.17) is 0 Å². The summed E-state index contributed by atoms with van der Waals surface area (Å²) in [7, 11) is 0. The van der Waals surface area contributed by atoms with Crippen LogP contribution in [-0.2, 0) is 9.59 Å². The molecule has 0 bridgehead atoms. The number of carbonyl (C=O) groups excluding carboxylic acids is 2. The molecule has 0 unspecified atom stereocenters. The summed E-state index contributed by atoms with van der Waals surface area (Å²) in [5.74, 6) is 0.0811. The number of halogens is 1. The van der Waals surface area contributed by atoms with E-state index in [9.17, 15) is 14.0 Å². The minimum absolute atomic E-state index is 0.191. The van der Waals surface area contributed by atoms with Crippen molar-refractivity contribution in [2.24, 2.45) is 0 Å². The Morgan fingerprint density at radius 2 is 1.81 bits per heavy atom. The van der Waals surface area contributed by atoms with E-state index in [1.54, 1.807) is 6.08 Å². The third-order valence-electron chi connectivity index (χ3n) is 2.54. The van der Waals surface area contributed by atoms with E-state index in [2.05, 4.69) is 0 Å². The van der Waals surface area contributed by atoms with Gasteiger partial charge in [-0.1, -0.05) is 0 Å². The van der Waals surface area contributed by atoms with Crippen molar-refractivity contribution in [3.8, 4) is 0 Å². The van der Waals surface area contributed by atoms with Crippen LogP contribution in [0.1, 0.15) is 19.3 Å². The van der Waals surface area contributed by atoms with Gasteiger partial charge in [-0.15, -0.1) is 11.8 Å². The summed E-state index contributed by atoms with van der Waals surface area (Å²) in [4.78, 5) is 24.5. The fourth-order valence-corrected chi connectivity index (χ4v) is 2.50. The lowest BCUT2D eigenvalue weighted by atomic mass is 10.2. The number of hydrogen-bond donors (Lipinski definition) is 0. The largest absolute Gasteiger partial charge is 0.273 e. The van der Waals surface area contributed by atoms with Crippen molar-refractivity contribution in [2.75, 3.05) is 11.5 Å². The quantitative estimate of drug-likeness (QED) is 0.659. The minimum Gasteiger partial charge on any atom is -0.273 e. The molecule has 0 aromatic rings. The van der Waals surface area contributed by atoms with Gasteiger partial charge in [-0.2, -0.15) is 0 Å². The van der Waals surface area contributed by atoms with Gasteiger partial charge in [0.25, 0.3) is 0 Å². The molecular formula is C11H12FNO2S. The topological polar surface area (TPSA) is 37.4 Å². The van der Waals surface area contributed by atoms with Crippen molar-refractivity contribution in [3.05, 3.63) is 23.7 Å². The lowest BCUT2D eigenvalue weighted by Gasteiger charge is -2.26. The van der Waals surface area contributed by atoms with Gasteiger partial charge in [0.15, 0.2) is 0 Å². The molecule has 1 saturated heterocycles. The van der Waals surface area contributed by atoms with Crippen LogP contribution in [0, 0.1) is 0 Å². The Bertz CT molecular complexity index is 373. The maximum Gasteiger partial charge on any atom is 0.243 e. The van der Waals surface area contributed by atoms with Gasteiger partial charge in [-0.25, -0.2) is 4.39 Å². The van der Waals surface area contributed by atoms with E-state index in [0.717, 1.165) is 0 Å². The van der Waals surface area contributed by atoms with Crippen LogP contribution in [0.4, 0.5) is 4.39 Å². The molecule has 2 aliphatic rings.